The fraction of sp³-hybridized carbons (Fsp3) is 0.286. The van der Waals surface area contributed by atoms with Gasteiger partial charge in [-0.1, -0.05) is 43.7 Å². The number of benzene rings is 3. The third kappa shape index (κ3) is 7.25. The van der Waals surface area contributed by atoms with Gasteiger partial charge >= 0.3 is 0 Å². The number of hydrogen-bond donors (Lipinski definition) is 2. The second-order valence-corrected chi connectivity index (χ2v) is 11.3. The molecule has 0 radical (unpaired) electrons. The predicted molar refractivity (Wildman–Crippen MR) is 144 cm³/mol. The van der Waals surface area contributed by atoms with Crippen molar-refractivity contribution in [2.24, 2.45) is 0 Å². The monoisotopic (exact) mass is 555 g/mol. The molecular formula is C28H31F2N5O3S. The fourth-order valence-electron chi connectivity index (χ4n) is 4.50. The molecule has 3 aromatic carbocycles. The number of aromatic nitrogens is 3. The summed E-state index contributed by atoms with van der Waals surface area (Å²) >= 11 is 0. The molecule has 1 heterocycles. The number of aliphatic hydroxyl groups is 1. The number of anilines is 1. The Bertz CT molecular complexity index is 1480. The zero-order chi connectivity index (χ0) is 28.0. The summed E-state index contributed by atoms with van der Waals surface area (Å²) in [5.74, 6) is -1.61. The molecule has 11 heteroatoms. The smallest absolute Gasteiger partial charge is 0.261 e. The van der Waals surface area contributed by atoms with E-state index < -0.39 is 27.3 Å². The third-order valence-corrected chi connectivity index (χ3v) is 7.68. The van der Waals surface area contributed by atoms with Crippen molar-refractivity contribution in [1.29, 1.82) is 0 Å². The second-order valence-electron chi connectivity index (χ2n) is 9.62. The van der Waals surface area contributed by atoms with Crippen LogP contribution < -0.4 is 4.72 Å². The summed E-state index contributed by atoms with van der Waals surface area (Å²) in [4.78, 5) is 5.74. The minimum Gasteiger partial charge on any atom is -0.382 e. The summed E-state index contributed by atoms with van der Waals surface area (Å²) in [6, 6.07) is 16.7. The molecule has 1 aromatic heterocycles. The van der Waals surface area contributed by atoms with Crippen molar-refractivity contribution in [2.45, 2.75) is 43.4 Å². The van der Waals surface area contributed by atoms with Crippen molar-refractivity contribution < 1.29 is 22.3 Å². The van der Waals surface area contributed by atoms with Crippen molar-refractivity contribution in [2.75, 3.05) is 18.3 Å². The average Bonchev–Trinajstić information content (AvgIpc) is 3.38. The quantitative estimate of drug-likeness (QED) is 0.270. The van der Waals surface area contributed by atoms with Gasteiger partial charge in [0.25, 0.3) is 10.0 Å². The maximum Gasteiger partial charge on any atom is 0.261 e. The SMILES string of the molecule is CCCc1ccc(NS(=O)(=O)c2ccc(CN(C)CC(O)(Cn3cncn3)c3ccc(F)cc3F)cc2)cc1. The van der Waals surface area contributed by atoms with Crippen LogP contribution in [0.2, 0.25) is 0 Å². The number of nitrogens with one attached hydrogen (secondary N) is 1. The lowest BCUT2D eigenvalue weighted by Gasteiger charge is -2.33. The molecule has 0 saturated carbocycles. The number of aryl methyl sites for hydroxylation is 1. The lowest BCUT2D eigenvalue weighted by molar-refractivity contribution is -0.0175. The van der Waals surface area contributed by atoms with E-state index in [4.69, 9.17) is 0 Å². The van der Waals surface area contributed by atoms with Crippen LogP contribution in [0.3, 0.4) is 0 Å². The second kappa shape index (κ2) is 12.0. The Morgan fingerprint density at radius 2 is 1.72 bits per heavy atom. The molecule has 1 atom stereocenters. The van der Waals surface area contributed by atoms with Gasteiger partial charge in [-0.3, -0.25) is 9.62 Å². The summed E-state index contributed by atoms with van der Waals surface area (Å²) in [5.41, 5.74) is 0.590. The molecular weight excluding hydrogens is 524 g/mol. The Hall–Kier alpha value is -3.67. The van der Waals surface area contributed by atoms with Gasteiger partial charge in [0.2, 0.25) is 0 Å². The summed E-state index contributed by atoms with van der Waals surface area (Å²) in [6.45, 7) is 2.28. The summed E-state index contributed by atoms with van der Waals surface area (Å²) < 4.78 is 57.9. The highest BCUT2D eigenvalue weighted by Crippen LogP contribution is 2.28. The zero-order valence-corrected chi connectivity index (χ0v) is 22.6. The number of nitrogens with zero attached hydrogens (tertiary/aromatic N) is 4. The van der Waals surface area contributed by atoms with Gasteiger partial charge in [-0.15, -0.1) is 0 Å². The van der Waals surface area contributed by atoms with Crippen molar-refractivity contribution >= 4 is 15.7 Å². The van der Waals surface area contributed by atoms with Crippen molar-refractivity contribution in [3.8, 4) is 0 Å². The van der Waals surface area contributed by atoms with Crippen LogP contribution >= 0.6 is 0 Å². The van der Waals surface area contributed by atoms with Crippen LogP contribution in [0.5, 0.6) is 0 Å². The van der Waals surface area contributed by atoms with Crippen molar-refractivity contribution in [3.05, 3.63) is 108 Å². The number of sulfonamides is 1. The first-order valence-electron chi connectivity index (χ1n) is 12.5. The molecule has 0 amide bonds. The van der Waals surface area contributed by atoms with Gasteiger partial charge in [0.05, 0.1) is 11.4 Å². The normalized spacial score (nSPS) is 13.4. The lowest BCUT2D eigenvalue weighted by Crippen LogP contribution is -2.43. The van der Waals surface area contributed by atoms with E-state index in [0.717, 1.165) is 36.1 Å². The highest BCUT2D eigenvalue weighted by atomic mass is 32.2. The van der Waals surface area contributed by atoms with Crippen LogP contribution in [-0.4, -0.2) is 46.8 Å². The van der Waals surface area contributed by atoms with Crippen molar-refractivity contribution in [3.63, 3.8) is 0 Å². The molecule has 1 unspecified atom stereocenters. The maximum absolute atomic E-state index is 14.7. The van der Waals surface area contributed by atoms with E-state index in [-0.39, 0.29) is 23.5 Å². The molecule has 0 fully saturated rings. The molecule has 0 saturated heterocycles. The Morgan fingerprint density at radius 3 is 2.33 bits per heavy atom. The van der Waals surface area contributed by atoms with Gasteiger partial charge in [-0.25, -0.2) is 26.9 Å². The summed E-state index contributed by atoms with van der Waals surface area (Å²) in [5, 5.41) is 15.5. The minimum atomic E-state index is -3.78. The zero-order valence-electron chi connectivity index (χ0n) is 21.8. The van der Waals surface area contributed by atoms with E-state index in [0.29, 0.717) is 12.2 Å². The molecule has 4 aromatic rings. The molecule has 4 rings (SSSR count). The number of rotatable bonds is 12. The van der Waals surface area contributed by atoms with Gasteiger partial charge in [-0.2, -0.15) is 5.10 Å². The molecule has 0 spiro atoms. The average molecular weight is 556 g/mol. The van der Waals surface area contributed by atoms with Crippen LogP contribution in [-0.2, 0) is 35.1 Å². The van der Waals surface area contributed by atoms with E-state index in [9.17, 15) is 22.3 Å². The van der Waals surface area contributed by atoms with Gasteiger partial charge in [0.15, 0.2) is 0 Å². The molecule has 0 aliphatic rings. The molecule has 0 aliphatic heterocycles. The fourth-order valence-corrected chi connectivity index (χ4v) is 5.56. The first-order chi connectivity index (χ1) is 18.6. The minimum absolute atomic E-state index is 0.0228. The lowest BCUT2D eigenvalue weighted by atomic mass is 9.92. The Kier molecular flexibility index (Phi) is 8.73. The van der Waals surface area contributed by atoms with E-state index in [1.54, 1.807) is 36.2 Å². The molecule has 8 nitrogen and oxygen atoms in total. The molecule has 206 valence electrons. The topological polar surface area (TPSA) is 100 Å². The van der Waals surface area contributed by atoms with Gasteiger partial charge in [-0.05, 0) is 54.9 Å². The highest BCUT2D eigenvalue weighted by Gasteiger charge is 2.35. The Labute approximate surface area is 227 Å². The van der Waals surface area contributed by atoms with Gasteiger partial charge in [0, 0.05) is 30.4 Å². The van der Waals surface area contributed by atoms with E-state index in [1.165, 1.54) is 35.5 Å². The first-order valence-corrected chi connectivity index (χ1v) is 14.0. The van der Waals surface area contributed by atoms with E-state index in [1.807, 2.05) is 12.1 Å². The van der Waals surface area contributed by atoms with Crippen LogP contribution in [0.4, 0.5) is 14.5 Å². The maximum atomic E-state index is 14.7. The first kappa shape index (κ1) is 28.3. The molecule has 0 aliphatic carbocycles. The standard InChI is InChI=1S/C28H31F2N5O3S/c1-3-4-21-5-10-24(11-6-21)33-39(37,38)25-12-7-22(8-13-25)16-34(2)17-28(36,18-35-20-31-19-32-35)26-14-9-23(29)15-27(26)30/h5-15,19-20,33,36H,3-4,16-18H2,1-2H3. The van der Waals surface area contributed by atoms with Crippen LogP contribution in [0.25, 0.3) is 0 Å². The van der Waals surface area contributed by atoms with Crippen LogP contribution in [0.1, 0.15) is 30.0 Å². The number of hydrogen-bond acceptors (Lipinski definition) is 6. The van der Waals surface area contributed by atoms with E-state index >= 15 is 0 Å². The predicted octanol–water partition coefficient (Wildman–Crippen LogP) is 4.33. The van der Waals surface area contributed by atoms with Gasteiger partial charge in [0.1, 0.15) is 29.9 Å². The summed E-state index contributed by atoms with van der Waals surface area (Å²) in [7, 11) is -2.04. The summed E-state index contributed by atoms with van der Waals surface area (Å²) in [6.07, 6.45) is 4.65. The van der Waals surface area contributed by atoms with E-state index in [2.05, 4.69) is 21.7 Å². The van der Waals surface area contributed by atoms with Gasteiger partial charge < -0.3 is 5.11 Å². The molecule has 39 heavy (non-hydrogen) atoms. The van der Waals surface area contributed by atoms with Crippen LogP contribution in [0.15, 0.2) is 84.3 Å². The number of likely N-dealkylation sites (N-methyl/N-ethyl adjacent to an activating group) is 1. The number of halogens is 2. The Balaban J connectivity index is 1.46. The molecule has 2 N–H and O–H groups in total. The third-order valence-electron chi connectivity index (χ3n) is 6.29. The molecule has 0 bridgehead atoms. The van der Waals surface area contributed by atoms with Crippen molar-refractivity contribution in [1.82, 2.24) is 19.7 Å². The van der Waals surface area contributed by atoms with Crippen LogP contribution in [0, 0.1) is 11.6 Å². The largest absolute Gasteiger partial charge is 0.382 e. The Morgan fingerprint density at radius 1 is 1.03 bits per heavy atom. The highest BCUT2D eigenvalue weighted by molar-refractivity contribution is 7.92.